The summed E-state index contributed by atoms with van der Waals surface area (Å²) in [7, 11) is 0. The van der Waals surface area contributed by atoms with Gasteiger partial charge in [-0.1, -0.05) is 6.07 Å². The van der Waals surface area contributed by atoms with Crippen LogP contribution >= 0.6 is 11.3 Å². The fourth-order valence-corrected chi connectivity index (χ4v) is 3.02. The van der Waals surface area contributed by atoms with E-state index >= 15 is 0 Å². The third-order valence-electron chi connectivity index (χ3n) is 3.29. The summed E-state index contributed by atoms with van der Waals surface area (Å²) in [4.78, 5) is 18.4. The minimum absolute atomic E-state index is 0.0375. The molecule has 1 aliphatic heterocycles. The first-order chi connectivity index (χ1) is 10.2. The Labute approximate surface area is 126 Å². The van der Waals surface area contributed by atoms with Gasteiger partial charge in [0.05, 0.1) is 29.7 Å². The van der Waals surface area contributed by atoms with Gasteiger partial charge in [0.15, 0.2) is 0 Å². The Kier molecular flexibility index (Phi) is 4.33. The van der Waals surface area contributed by atoms with E-state index in [1.807, 2.05) is 17.5 Å². The highest BCUT2D eigenvalue weighted by Crippen LogP contribution is 2.24. The molecule has 21 heavy (non-hydrogen) atoms. The number of ether oxygens (including phenoxy) is 1. The first-order valence-electron chi connectivity index (χ1n) is 6.75. The van der Waals surface area contributed by atoms with Gasteiger partial charge >= 0.3 is 5.97 Å². The van der Waals surface area contributed by atoms with Crippen LogP contribution in [0.15, 0.2) is 28.2 Å². The van der Waals surface area contributed by atoms with E-state index in [0.29, 0.717) is 25.6 Å². The summed E-state index contributed by atoms with van der Waals surface area (Å²) in [5.41, 5.74) is 0.856. The van der Waals surface area contributed by atoms with Crippen LogP contribution < -0.4 is 0 Å². The summed E-state index contributed by atoms with van der Waals surface area (Å²) in [5.74, 6) is -0.196. The highest BCUT2D eigenvalue weighted by Gasteiger charge is 2.23. The van der Waals surface area contributed by atoms with E-state index in [2.05, 4.69) is 9.88 Å². The topological polar surface area (TPSA) is 75.8 Å². The first-order valence-corrected chi connectivity index (χ1v) is 7.62. The van der Waals surface area contributed by atoms with E-state index in [9.17, 15) is 4.79 Å². The number of nitrogens with zero attached hydrogens (tertiary/aromatic N) is 2. The first kappa shape index (κ1) is 14.2. The Morgan fingerprint density at radius 1 is 1.57 bits per heavy atom. The summed E-state index contributed by atoms with van der Waals surface area (Å²) >= 11 is 1.59. The zero-order chi connectivity index (χ0) is 14.7. The van der Waals surface area contributed by atoms with Crippen molar-refractivity contribution >= 4 is 17.3 Å². The van der Waals surface area contributed by atoms with Gasteiger partial charge in [-0.2, -0.15) is 0 Å². The molecule has 2 aromatic heterocycles. The second-order valence-corrected chi connectivity index (χ2v) is 5.89. The van der Waals surface area contributed by atoms with Crippen LogP contribution in [-0.2, 0) is 16.1 Å². The van der Waals surface area contributed by atoms with Gasteiger partial charge < -0.3 is 14.3 Å². The molecule has 2 aromatic rings. The largest absolute Gasteiger partial charge is 0.481 e. The molecular formula is C14H16N2O4S. The SMILES string of the molecule is O=C(O)CC1CN(Cc2coc(-c3cccs3)n2)CCO1. The molecule has 112 valence electrons. The van der Waals surface area contributed by atoms with Crippen molar-refractivity contribution in [1.29, 1.82) is 0 Å². The summed E-state index contributed by atoms with van der Waals surface area (Å²) < 4.78 is 10.9. The van der Waals surface area contributed by atoms with Crippen molar-refractivity contribution in [3.8, 4) is 10.8 Å². The Morgan fingerprint density at radius 2 is 2.48 bits per heavy atom. The molecule has 6 nitrogen and oxygen atoms in total. The number of hydrogen-bond acceptors (Lipinski definition) is 6. The molecule has 3 rings (SSSR count). The molecule has 0 radical (unpaired) electrons. The number of aromatic nitrogens is 1. The molecule has 0 amide bonds. The van der Waals surface area contributed by atoms with Crippen LogP contribution in [0, 0.1) is 0 Å². The number of thiophene rings is 1. The average Bonchev–Trinajstić information content (AvgIpc) is 3.08. The highest BCUT2D eigenvalue weighted by atomic mass is 32.1. The molecule has 1 N–H and O–H groups in total. The molecule has 0 aromatic carbocycles. The Morgan fingerprint density at radius 3 is 3.24 bits per heavy atom. The average molecular weight is 308 g/mol. The normalized spacial score (nSPS) is 19.7. The van der Waals surface area contributed by atoms with Gasteiger partial charge in [-0.25, -0.2) is 4.98 Å². The van der Waals surface area contributed by atoms with Gasteiger partial charge in [0.1, 0.15) is 6.26 Å². The van der Waals surface area contributed by atoms with Gasteiger partial charge in [0.25, 0.3) is 0 Å². The van der Waals surface area contributed by atoms with Crippen LogP contribution in [0.25, 0.3) is 10.8 Å². The van der Waals surface area contributed by atoms with Crippen LogP contribution in [0.4, 0.5) is 0 Å². The fourth-order valence-electron chi connectivity index (χ4n) is 2.36. The lowest BCUT2D eigenvalue weighted by Gasteiger charge is -2.31. The number of oxazole rings is 1. The van der Waals surface area contributed by atoms with Crippen molar-refractivity contribution in [3.05, 3.63) is 29.5 Å². The second-order valence-electron chi connectivity index (χ2n) is 4.95. The van der Waals surface area contributed by atoms with Crippen LogP contribution in [0.5, 0.6) is 0 Å². The molecule has 1 atom stereocenters. The Balaban J connectivity index is 1.60. The quantitative estimate of drug-likeness (QED) is 0.911. The van der Waals surface area contributed by atoms with Gasteiger partial charge in [-0.05, 0) is 11.4 Å². The van der Waals surface area contributed by atoms with E-state index in [1.165, 1.54) is 0 Å². The molecule has 0 bridgehead atoms. The zero-order valence-corrected chi connectivity index (χ0v) is 12.2. The fraction of sp³-hybridized carbons (Fsp3) is 0.429. The van der Waals surface area contributed by atoms with Crippen LogP contribution in [-0.4, -0.2) is 46.8 Å². The lowest BCUT2D eigenvalue weighted by molar-refractivity contribution is -0.142. The van der Waals surface area contributed by atoms with Crippen LogP contribution in [0.3, 0.4) is 0 Å². The van der Waals surface area contributed by atoms with Gasteiger partial charge in [-0.15, -0.1) is 11.3 Å². The van der Waals surface area contributed by atoms with Gasteiger partial charge in [-0.3, -0.25) is 9.69 Å². The van der Waals surface area contributed by atoms with Gasteiger partial charge in [0.2, 0.25) is 5.89 Å². The zero-order valence-electron chi connectivity index (χ0n) is 11.4. The maximum Gasteiger partial charge on any atom is 0.306 e. The Bertz CT molecular complexity index is 596. The van der Waals surface area contributed by atoms with E-state index in [4.69, 9.17) is 14.3 Å². The molecule has 1 aliphatic rings. The lowest BCUT2D eigenvalue weighted by atomic mass is 10.2. The maximum absolute atomic E-state index is 10.7. The predicted octanol–water partition coefficient (Wildman–Crippen LogP) is 2.08. The van der Waals surface area contributed by atoms with Gasteiger partial charge in [0, 0.05) is 19.6 Å². The monoisotopic (exact) mass is 308 g/mol. The molecule has 7 heteroatoms. The second kappa shape index (κ2) is 6.38. The third kappa shape index (κ3) is 3.69. The van der Waals surface area contributed by atoms with Crippen molar-refractivity contribution in [2.75, 3.05) is 19.7 Å². The lowest BCUT2D eigenvalue weighted by Crippen LogP contribution is -2.42. The van der Waals surface area contributed by atoms with Crippen molar-refractivity contribution in [1.82, 2.24) is 9.88 Å². The Hall–Kier alpha value is -1.70. The molecule has 1 unspecified atom stereocenters. The van der Waals surface area contributed by atoms with E-state index < -0.39 is 5.97 Å². The number of rotatable bonds is 5. The molecule has 0 aliphatic carbocycles. The van der Waals surface area contributed by atoms with Crippen molar-refractivity contribution < 1.29 is 19.1 Å². The molecule has 3 heterocycles. The van der Waals surface area contributed by atoms with Crippen molar-refractivity contribution in [2.45, 2.75) is 19.1 Å². The molecular weight excluding hydrogens is 292 g/mol. The summed E-state index contributed by atoms with van der Waals surface area (Å²) in [6, 6.07) is 3.93. The molecule has 1 saturated heterocycles. The van der Waals surface area contributed by atoms with Crippen molar-refractivity contribution in [3.63, 3.8) is 0 Å². The minimum atomic E-state index is -0.830. The van der Waals surface area contributed by atoms with Crippen LogP contribution in [0.1, 0.15) is 12.1 Å². The smallest absolute Gasteiger partial charge is 0.306 e. The minimum Gasteiger partial charge on any atom is -0.481 e. The van der Waals surface area contributed by atoms with E-state index in [0.717, 1.165) is 17.1 Å². The predicted molar refractivity (Wildman–Crippen MR) is 77.1 cm³/mol. The van der Waals surface area contributed by atoms with Crippen LogP contribution in [0.2, 0.25) is 0 Å². The number of morpholine rings is 1. The number of carboxylic acid groups (broad SMARTS) is 1. The summed E-state index contributed by atoms with van der Waals surface area (Å²) in [6.07, 6.45) is 1.45. The number of hydrogen-bond donors (Lipinski definition) is 1. The molecule has 0 spiro atoms. The highest BCUT2D eigenvalue weighted by molar-refractivity contribution is 7.13. The molecule has 0 saturated carbocycles. The number of aliphatic carboxylic acids is 1. The number of carboxylic acids is 1. The third-order valence-corrected chi connectivity index (χ3v) is 4.15. The molecule has 1 fully saturated rings. The maximum atomic E-state index is 10.7. The number of carbonyl (C=O) groups is 1. The standard InChI is InChI=1S/C14H16N2O4S/c17-13(18)6-11-8-16(3-4-19-11)7-10-9-20-14(15-10)12-2-1-5-21-12/h1-2,5,9,11H,3-4,6-8H2,(H,17,18). The summed E-state index contributed by atoms with van der Waals surface area (Å²) in [6.45, 7) is 2.58. The summed E-state index contributed by atoms with van der Waals surface area (Å²) in [5, 5.41) is 10.8. The van der Waals surface area contributed by atoms with E-state index in [1.54, 1.807) is 17.6 Å². The van der Waals surface area contributed by atoms with Crippen molar-refractivity contribution in [2.24, 2.45) is 0 Å². The van der Waals surface area contributed by atoms with E-state index in [-0.39, 0.29) is 12.5 Å².